The Morgan fingerprint density at radius 1 is 1.47 bits per heavy atom. The molecule has 0 aliphatic heterocycles. The molecule has 1 aromatic rings. The van der Waals surface area contributed by atoms with Crippen molar-refractivity contribution in [1.82, 2.24) is 0 Å². The number of aliphatic carboxylic acids is 1. The Labute approximate surface area is 96.5 Å². The molecule has 2 N–H and O–H groups in total. The van der Waals surface area contributed by atoms with E-state index in [1.807, 2.05) is 0 Å². The number of carboxylic acid groups (broad SMARTS) is 1. The number of methoxy groups -OCH3 is 1. The fourth-order valence-corrected chi connectivity index (χ4v) is 1.36. The second-order valence-corrected chi connectivity index (χ2v) is 3.66. The van der Waals surface area contributed by atoms with E-state index in [0.717, 1.165) is 6.07 Å². The van der Waals surface area contributed by atoms with Crippen LogP contribution in [-0.2, 0) is 11.2 Å². The third kappa shape index (κ3) is 2.64. The van der Waals surface area contributed by atoms with Gasteiger partial charge in [-0.25, -0.2) is 4.39 Å². The lowest BCUT2D eigenvalue weighted by Gasteiger charge is -2.11. The summed E-state index contributed by atoms with van der Waals surface area (Å²) in [7, 11) is 1.17. The van der Waals surface area contributed by atoms with E-state index < -0.39 is 29.3 Å². The second kappa shape index (κ2) is 4.99. The van der Waals surface area contributed by atoms with E-state index in [9.17, 15) is 18.7 Å². The average molecular weight is 246 g/mol. The van der Waals surface area contributed by atoms with Gasteiger partial charge in [0.15, 0.2) is 17.3 Å². The van der Waals surface area contributed by atoms with Gasteiger partial charge in [0.05, 0.1) is 13.0 Å². The summed E-state index contributed by atoms with van der Waals surface area (Å²) in [6.07, 6.45) is -0.161. The van der Waals surface area contributed by atoms with Crippen molar-refractivity contribution in [3.05, 3.63) is 23.3 Å². The predicted molar refractivity (Wildman–Crippen MR) is 55.1 cm³/mol. The van der Waals surface area contributed by atoms with Crippen LogP contribution < -0.4 is 4.74 Å². The van der Waals surface area contributed by atoms with Crippen LogP contribution >= 0.6 is 0 Å². The highest BCUT2D eigenvalue weighted by molar-refractivity contribution is 5.70. The summed E-state index contributed by atoms with van der Waals surface area (Å²) < 4.78 is 31.3. The number of phenols is 1. The smallest absolute Gasteiger partial charge is 0.306 e. The van der Waals surface area contributed by atoms with Crippen molar-refractivity contribution >= 4 is 5.97 Å². The third-order valence-corrected chi connectivity index (χ3v) is 2.39. The Bertz CT molecular complexity index is 446. The van der Waals surface area contributed by atoms with Gasteiger partial charge >= 0.3 is 5.97 Å². The van der Waals surface area contributed by atoms with Crippen molar-refractivity contribution in [2.75, 3.05) is 7.11 Å². The van der Waals surface area contributed by atoms with Crippen LogP contribution in [0.4, 0.5) is 8.78 Å². The number of carbonyl (C=O) groups is 1. The molecule has 0 saturated carbocycles. The number of rotatable bonds is 4. The molecule has 0 saturated heterocycles. The molecular weight excluding hydrogens is 234 g/mol. The largest absolute Gasteiger partial charge is 0.503 e. The molecule has 0 bridgehead atoms. The molecule has 1 aromatic carbocycles. The zero-order valence-electron chi connectivity index (χ0n) is 9.33. The monoisotopic (exact) mass is 246 g/mol. The van der Waals surface area contributed by atoms with Gasteiger partial charge in [-0.15, -0.1) is 0 Å². The van der Waals surface area contributed by atoms with E-state index in [4.69, 9.17) is 5.11 Å². The number of hydrogen-bond donors (Lipinski definition) is 2. The topological polar surface area (TPSA) is 66.8 Å². The summed E-state index contributed by atoms with van der Waals surface area (Å²) >= 11 is 0. The average Bonchev–Trinajstić information content (AvgIpc) is 2.29. The second-order valence-electron chi connectivity index (χ2n) is 3.66. The first-order valence-electron chi connectivity index (χ1n) is 4.85. The molecule has 0 aliphatic rings. The molecule has 0 amide bonds. The van der Waals surface area contributed by atoms with Gasteiger partial charge in [-0.05, 0) is 18.1 Å². The van der Waals surface area contributed by atoms with Gasteiger partial charge in [-0.1, -0.05) is 6.92 Å². The molecule has 0 radical (unpaired) electrons. The summed E-state index contributed by atoms with van der Waals surface area (Å²) in [5.74, 6) is -5.78. The van der Waals surface area contributed by atoms with E-state index >= 15 is 0 Å². The van der Waals surface area contributed by atoms with Crippen LogP contribution in [0.1, 0.15) is 12.5 Å². The van der Waals surface area contributed by atoms with Gasteiger partial charge < -0.3 is 14.9 Å². The van der Waals surface area contributed by atoms with Crippen LogP contribution in [0.2, 0.25) is 0 Å². The normalized spacial score (nSPS) is 12.2. The van der Waals surface area contributed by atoms with E-state index in [2.05, 4.69) is 4.74 Å². The van der Waals surface area contributed by atoms with Gasteiger partial charge in [0.25, 0.3) is 0 Å². The molecule has 6 heteroatoms. The molecule has 0 heterocycles. The molecule has 0 fully saturated rings. The summed E-state index contributed by atoms with van der Waals surface area (Å²) in [4.78, 5) is 10.6. The summed E-state index contributed by atoms with van der Waals surface area (Å²) in [5.41, 5.74) is -0.101. The summed E-state index contributed by atoms with van der Waals surface area (Å²) in [5, 5.41) is 17.9. The van der Waals surface area contributed by atoms with Crippen molar-refractivity contribution in [1.29, 1.82) is 0 Å². The van der Waals surface area contributed by atoms with Crippen molar-refractivity contribution in [2.45, 2.75) is 13.3 Å². The van der Waals surface area contributed by atoms with Crippen molar-refractivity contribution < 1.29 is 28.5 Å². The molecule has 0 spiro atoms. The molecular formula is C11H12F2O4. The number of ether oxygens (including phenoxy) is 1. The zero-order chi connectivity index (χ0) is 13.2. The van der Waals surface area contributed by atoms with Crippen molar-refractivity contribution in [2.24, 2.45) is 5.92 Å². The Morgan fingerprint density at radius 2 is 2.06 bits per heavy atom. The number of hydrogen-bond acceptors (Lipinski definition) is 3. The number of aromatic hydroxyl groups is 1. The quantitative estimate of drug-likeness (QED) is 0.852. The Kier molecular flexibility index (Phi) is 3.88. The van der Waals surface area contributed by atoms with Gasteiger partial charge in [-0.2, -0.15) is 4.39 Å². The maximum Gasteiger partial charge on any atom is 0.306 e. The molecule has 1 unspecified atom stereocenters. The molecule has 94 valence electrons. The van der Waals surface area contributed by atoms with E-state index in [1.165, 1.54) is 14.0 Å². The molecule has 0 aliphatic carbocycles. The molecule has 1 atom stereocenters. The highest BCUT2D eigenvalue weighted by atomic mass is 19.1. The maximum absolute atomic E-state index is 13.5. The van der Waals surface area contributed by atoms with Crippen LogP contribution in [0.25, 0.3) is 0 Å². The minimum absolute atomic E-state index is 0.101. The van der Waals surface area contributed by atoms with Crippen LogP contribution in [0.5, 0.6) is 11.5 Å². The Hall–Kier alpha value is -1.85. The van der Waals surface area contributed by atoms with Crippen LogP contribution in [0.15, 0.2) is 6.07 Å². The van der Waals surface area contributed by atoms with Crippen LogP contribution in [0.3, 0.4) is 0 Å². The fraction of sp³-hybridized carbons (Fsp3) is 0.364. The highest BCUT2D eigenvalue weighted by Crippen LogP contribution is 2.32. The van der Waals surface area contributed by atoms with Gasteiger partial charge in [0, 0.05) is 0 Å². The first-order chi connectivity index (χ1) is 7.88. The molecule has 0 aromatic heterocycles. The SMILES string of the molecule is COc1cc(CC(C)C(=O)O)c(F)c(O)c1F. The number of phenolic OH excluding ortho intramolecular Hbond substituents is 1. The maximum atomic E-state index is 13.5. The first-order valence-corrected chi connectivity index (χ1v) is 4.85. The highest BCUT2D eigenvalue weighted by Gasteiger charge is 2.21. The third-order valence-electron chi connectivity index (χ3n) is 2.39. The standard InChI is InChI=1S/C11H12F2O4/c1-5(11(15)16)3-6-4-7(17-2)9(13)10(14)8(6)12/h4-5,14H,3H2,1-2H3,(H,15,16). The summed E-state index contributed by atoms with van der Waals surface area (Å²) in [6.45, 7) is 1.38. The Balaban J connectivity index is 3.16. The van der Waals surface area contributed by atoms with Crippen LogP contribution in [-0.4, -0.2) is 23.3 Å². The minimum atomic E-state index is -1.20. The lowest BCUT2D eigenvalue weighted by atomic mass is 10.00. The first kappa shape index (κ1) is 13.2. The minimum Gasteiger partial charge on any atom is -0.503 e. The number of benzene rings is 1. The van der Waals surface area contributed by atoms with Gasteiger partial charge in [0.1, 0.15) is 0 Å². The van der Waals surface area contributed by atoms with Gasteiger partial charge in [-0.3, -0.25) is 4.79 Å². The fourth-order valence-electron chi connectivity index (χ4n) is 1.36. The number of halogens is 2. The zero-order valence-corrected chi connectivity index (χ0v) is 9.33. The molecule has 1 rings (SSSR count). The molecule has 4 nitrogen and oxygen atoms in total. The summed E-state index contributed by atoms with van der Waals surface area (Å²) in [6, 6.07) is 1.05. The predicted octanol–water partition coefficient (Wildman–Crippen LogP) is 1.94. The van der Waals surface area contributed by atoms with Crippen LogP contribution in [0, 0.1) is 17.6 Å². The van der Waals surface area contributed by atoms with Crippen molar-refractivity contribution in [3.8, 4) is 11.5 Å². The van der Waals surface area contributed by atoms with Gasteiger partial charge in [0.2, 0.25) is 5.82 Å². The lowest BCUT2D eigenvalue weighted by Crippen LogP contribution is -2.13. The molecule has 17 heavy (non-hydrogen) atoms. The van der Waals surface area contributed by atoms with E-state index in [0.29, 0.717) is 0 Å². The van der Waals surface area contributed by atoms with Crippen molar-refractivity contribution in [3.63, 3.8) is 0 Å². The van der Waals surface area contributed by atoms with E-state index in [1.54, 1.807) is 0 Å². The van der Waals surface area contributed by atoms with E-state index in [-0.39, 0.29) is 17.7 Å². The Morgan fingerprint density at radius 3 is 2.53 bits per heavy atom. The number of carboxylic acids is 1. The lowest BCUT2D eigenvalue weighted by molar-refractivity contribution is -0.141.